The lowest BCUT2D eigenvalue weighted by molar-refractivity contribution is -0.274. The summed E-state index contributed by atoms with van der Waals surface area (Å²) < 4.78 is 82.5. The molecule has 0 aliphatic rings. The van der Waals surface area contributed by atoms with E-state index in [0.29, 0.717) is 0 Å². The van der Waals surface area contributed by atoms with E-state index in [4.69, 9.17) is 0 Å². The van der Waals surface area contributed by atoms with Crippen molar-refractivity contribution in [1.29, 1.82) is 0 Å². The molecule has 0 spiro atoms. The smallest absolute Gasteiger partial charge is 0.406 e. The number of hydrogen-bond acceptors (Lipinski definition) is 4. The van der Waals surface area contributed by atoms with E-state index in [1.807, 2.05) is 0 Å². The van der Waals surface area contributed by atoms with Gasteiger partial charge in [0.05, 0.1) is 16.6 Å². The third-order valence-corrected chi connectivity index (χ3v) is 4.35. The average molecular weight is 428 g/mol. The topological polar surface area (TPSA) is 61.4 Å². The van der Waals surface area contributed by atoms with Crippen molar-refractivity contribution < 1.29 is 31.1 Å². The molecule has 0 aliphatic heterocycles. The van der Waals surface area contributed by atoms with Crippen LogP contribution in [0.5, 0.6) is 5.75 Å². The molecule has 12 heteroatoms. The van der Waals surface area contributed by atoms with E-state index >= 15 is 0 Å². The van der Waals surface area contributed by atoms with Gasteiger partial charge < -0.3 is 4.74 Å². The van der Waals surface area contributed by atoms with E-state index in [1.165, 1.54) is 29.8 Å². The van der Waals surface area contributed by atoms with Gasteiger partial charge in [0.1, 0.15) is 17.1 Å². The number of benzene rings is 1. The molecule has 0 fully saturated rings. The molecule has 0 atom stereocenters. The quantitative estimate of drug-likeness (QED) is 0.450. The minimum Gasteiger partial charge on any atom is -0.406 e. The van der Waals surface area contributed by atoms with Crippen LogP contribution in [-0.2, 0) is 13.2 Å². The first-order valence-corrected chi connectivity index (χ1v) is 8.26. The van der Waals surface area contributed by atoms with E-state index < -0.39 is 29.5 Å². The Bertz CT molecular complexity index is 1340. The molecule has 0 amide bonds. The standard InChI is InChI=1S/C18H10F6N4O2/c1-27-15-8-12(9-4-5-25-14(6-9)17(19,20)21)26-28(15)13-3-2-10(30-18(22,23)24)7-11(13)16(27)29/h2-8H,1H3. The fourth-order valence-corrected chi connectivity index (χ4v) is 3.03. The Morgan fingerprint density at radius 1 is 1.00 bits per heavy atom. The minimum atomic E-state index is -4.93. The van der Waals surface area contributed by atoms with E-state index in [9.17, 15) is 31.1 Å². The second-order valence-electron chi connectivity index (χ2n) is 6.32. The first kappa shape index (κ1) is 19.7. The van der Waals surface area contributed by atoms with E-state index in [0.717, 1.165) is 29.0 Å². The summed E-state index contributed by atoms with van der Waals surface area (Å²) in [5.41, 5.74) is -1.09. The molecule has 156 valence electrons. The van der Waals surface area contributed by atoms with Crippen LogP contribution in [0, 0.1) is 0 Å². The molecule has 0 radical (unpaired) electrons. The Morgan fingerprint density at radius 2 is 1.73 bits per heavy atom. The normalized spacial score (nSPS) is 12.6. The fraction of sp³-hybridized carbons (Fsp3) is 0.167. The van der Waals surface area contributed by atoms with Crippen LogP contribution in [0.25, 0.3) is 27.8 Å². The maximum absolute atomic E-state index is 12.9. The van der Waals surface area contributed by atoms with Crippen LogP contribution in [0.3, 0.4) is 0 Å². The number of nitrogens with zero attached hydrogens (tertiary/aromatic N) is 4. The van der Waals surface area contributed by atoms with Gasteiger partial charge >= 0.3 is 12.5 Å². The Kier molecular flexibility index (Phi) is 4.26. The summed E-state index contributed by atoms with van der Waals surface area (Å²) >= 11 is 0. The van der Waals surface area contributed by atoms with Gasteiger partial charge in [0.2, 0.25) is 0 Å². The highest BCUT2D eigenvalue weighted by molar-refractivity contribution is 5.83. The Balaban J connectivity index is 1.92. The first-order chi connectivity index (χ1) is 13.9. The molecular weight excluding hydrogens is 418 g/mol. The van der Waals surface area contributed by atoms with Crippen molar-refractivity contribution in [2.75, 3.05) is 0 Å². The highest BCUT2D eigenvalue weighted by Gasteiger charge is 2.33. The number of rotatable bonds is 2. The van der Waals surface area contributed by atoms with E-state index in [2.05, 4.69) is 14.8 Å². The third kappa shape index (κ3) is 3.44. The van der Waals surface area contributed by atoms with Crippen molar-refractivity contribution in [2.45, 2.75) is 12.5 Å². The van der Waals surface area contributed by atoms with Gasteiger partial charge in [0.25, 0.3) is 5.56 Å². The molecule has 0 saturated heterocycles. The van der Waals surface area contributed by atoms with Gasteiger partial charge in [-0.15, -0.1) is 13.2 Å². The Hall–Kier alpha value is -3.57. The first-order valence-electron chi connectivity index (χ1n) is 8.26. The molecule has 4 rings (SSSR count). The van der Waals surface area contributed by atoms with Crippen molar-refractivity contribution in [2.24, 2.45) is 7.05 Å². The zero-order valence-corrected chi connectivity index (χ0v) is 14.9. The minimum absolute atomic E-state index is 0.105. The van der Waals surface area contributed by atoms with Gasteiger partial charge in [0.15, 0.2) is 0 Å². The molecule has 0 N–H and O–H groups in total. The maximum atomic E-state index is 12.9. The van der Waals surface area contributed by atoms with Crippen molar-refractivity contribution >= 4 is 16.6 Å². The van der Waals surface area contributed by atoms with Gasteiger partial charge in [-0.2, -0.15) is 18.3 Å². The molecule has 4 aromatic rings. The van der Waals surface area contributed by atoms with Gasteiger partial charge in [0, 0.05) is 24.9 Å². The van der Waals surface area contributed by atoms with Gasteiger partial charge in [-0.3, -0.25) is 14.3 Å². The molecule has 0 saturated carbocycles. The lowest BCUT2D eigenvalue weighted by Gasteiger charge is -2.10. The number of hydrogen-bond donors (Lipinski definition) is 0. The summed E-state index contributed by atoms with van der Waals surface area (Å²) in [6.45, 7) is 0. The molecule has 3 aromatic heterocycles. The third-order valence-electron chi connectivity index (χ3n) is 4.35. The molecule has 0 unspecified atom stereocenters. The van der Waals surface area contributed by atoms with Crippen molar-refractivity contribution in [3.63, 3.8) is 0 Å². The van der Waals surface area contributed by atoms with Gasteiger partial charge in [-0.25, -0.2) is 4.52 Å². The summed E-state index contributed by atoms with van der Waals surface area (Å²) in [6, 6.07) is 6.71. The van der Waals surface area contributed by atoms with Crippen LogP contribution in [0.1, 0.15) is 5.69 Å². The van der Waals surface area contributed by atoms with Crippen molar-refractivity contribution in [3.8, 4) is 17.0 Å². The zero-order chi connectivity index (χ0) is 21.8. The molecule has 0 bridgehead atoms. The monoisotopic (exact) mass is 428 g/mol. The number of alkyl halides is 6. The van der Waals surface area contributed by atoms with Gasteiger partial charge in [-0.05, 0) is 30.3 Å². The summed E-state index contributed by atoms with van der Waals surface area (Å²) in [5.74, 6) is -0.581. The number of ether oxygens (including phenoxy) is 1. The van der Waals surface area contributed by atoms with E-state index in [-0.39, 0.29) is 27.8 Å². The highest BCUT2D eigenvalue weighted by atomic mass is 19.4. The van der Waals surface area contributed by atoms with E-state index in [1.54, 1.807) is 0 Å². The second-order valence-corrected chi connectivity index (χ2v) is 6.32. The predicted octanol–water partition coefficient (Wildman–Crippen LogP) is 4.17. The lowest BCUT2D eigenvalue weighted by Crippen LogP contribution is -2.21. The number of aromatic nitrogens is 4. The highest BCUT2D eigenvalue weighted by Crippen LogP contribution is 2.31. The van der Waals surface area contributed by atoms with Crippen LogP contribution in [-0.4, -0.2) is 25.5 Å². The number of halogens is 6. The van der Waals surface area contributed by atoms with Crippen LogP contribution in [0.2, 0.25) is 0 Å². The second kappa shape index (κ2) is 6.47. The predicted molar refractivity (Wildman–Crippen MR) is 92.9 cm³/mol. The summed E-state index contributed by atoms with van der Waals surface area (Å²) in [6.07, 6.45) is -8.59. The van der Waals surface area contributed by atoms with Crippen molar-refractivity contribution in [1.82, 2.24) is 19.2 Å². The van der Waals surface area contributed by atoms with Crippen LogP contribution >= 0.6 is 0 Å². The molecule has 1 aromatic carbocycles. The molecule has 3 heterocycles. The molecule has 0 aliphatic carbocycles. The SMILES string of the molecule is Cn1c(=O)c2cc(OC(F)(F)F)ccc2n2nc(-c3ccnc(C(F)(F)F)c3)cc12. The molecule has 30 heavy (non-hydrogen) atoms. The van der Waals surface area contributed by atoms with Gasteiger partial charge in [-0.1, -0.05) is 0 Å². The van der Waals surface area contributed by atoms with Crippen LogP contribution in [0.15, 0.2) is 47.4 Å². The number of fused-ring (bicyclic) bond motifs is 3. The largest absolute Gasteiger partial charge is 0.573 e. The molecular formula is C18H10F6N4O2. The van der Waals surface area contributed by atoms with Crippen LogP contribution in [0.4, 0.5) is 26.3 Å². The average Bonchev–Trinajstić information content (AvgIpc) is 3.10. The Labute approximate surface area is 162 Å². The molecule has 6 nitrogen and oxygen atoms in total. The summed E-state index contributed by atoms with van der Waals surface area (Å²) in [7, 11) is 1.37. The fourth-order valence-electron chi connectivity index (χ4n) is 3.03. The summed E-state index contributed by atoms with van der Waals surface area (Å²) in [5, 5.41) is 4.13. The maximum Gasteiger partial charge on any atom is 0.573 e. The van der Waals surface area contributed by atoms with Crippen molar-refractivity contribution in [3.05, 3.63) is 58.6 Å². The van der Waals surface area contributed by atoms with Crippen LogP contribution < -0.4 is 10.3 Å². The zero-order valence-electron chi connectivity index (χ0n) is 14.9. The number of pyridine rings is 1. The summed E-state index contributed by atoms with van der Waals surface area (Å²) in [4.78, 5) is 15.9. The lowest BCUT2D eigenvalue weighted by atomic mass is 10.1. The number of aryl methyl sites for hydroxylation is 1. The Morgan fingerprint density at radius 3 is 2.40 bits per heavy atom.